The number of aromatic carboxylic acids is 1. The molecule has 0 fully saturated rings. The van der Waals surface area contributed by atoms with Crippen molar-refractivity contribution in [3.8, 4) is 5.75 Å². The summed E-state index contributed by atoms with van der Waals surface area (Å²) < 4.78 is 5.30. The lowest BCUT2D eigenvalue weighted by Crippen LogP contribution is -2.15. The molecule has 0 aliphatic carbocycles. The van der Waals surface area contributed by atoms with Crippen molar-refractivity contribution in [2.45, 2.75) is 26.3 Å². The second-order valence-electron chi connectivity index (χ2n) is 5.15. The van der Waals surface area contributed by atoms with Crippen LogP contribution in [0.25, 0.3) is 0 Å². The fraction of sp³-hybridized carbons (Fsp3) is 0.312. The van der Waals surface area contributed by atoms with Gasteiger partial charge in [-0.3, -0.25) is 0 Å². The minimum Gasteiger partial charge on any atom is -0.496 e. The molecule has 0 saturated carbocycles. The molecule has 116 valence electrons. The number of benzene rings is 1. The second-order valence-corrected chi connectivity index (χ2v) is 5.15. The van der Waals surface area contributed by atoms with Crippen LogP contribution in [0.1, 0.15) is 35.7 Å². The number of hydrogen-bond donors (Lipinski definition) is 2. The normalized spacial score (nSPS) is 10.5. The predicted molar refractivity (Wildman–Crippen MR) is 83.6 cm³/mol. The standard InChI is InChI=1S/C16H19N3O3/c1-10(2)17-15-9-12(16(20)21)18-14(19-15)8-11-6-4-5-7-13(11)22-3/h4-7,9-10H,8H2,1-3H3,(H,20,21)(H,17,18,19). The van der Waals surface area contributed by atoms with Gasteiger partial charge in [-0.2, -0.15) is 0 Å². The van der Waals surface area contributed by atoms with Gasteiger partial charge in [-0.1, -0.05) is 18.2 Å². The summed E-state index contributed by atoms with van der Waals surface area (Å²) in [5.74, 6) is 0.598. The Balaban J connectivity index is 2.37. The van der Waals surface area contributed by atoms with E-state index in [-0.39, 0.29) is 11.7 Å². The van der Waals surface area contributed by atoms with Crippen LogP contribution in [-0.2, 0) is 6.42 Å². The first-order valence-corrected chi connectivity index (χ1v) is 6.99. The van der Waals surface area contributed by atoms with Gasteiger partial charge in [-0.15, -0.1) is 0 Å². The number of anilines is 1. The number of rotatable bonds is 6. The van der Waals surface area contributed by atoms with E-state index in [1.807, 2.05) is 38.1 Å². The Morgan fingerprint density at radius 2 is 2.05 bits per heavy atom. The van der Waals surface area contributed by atoms with Crippen LogP contribution in [0, 0.1) is 0 Å². The highest BCUT2D eigenvalue weighted by Crippen LogP contribution is 2.20. The summed E-state index contributed by atoms with van der Waals surface area (Å²) in [7, 11) is 1.60. The average Bonchev–Trinajstić information content (AvgIpc) is 2.46. The summed E-state index contributed by atoms with van der Waals surface area (Å²) in [4.78, 5) is 19.7. The molecule has 0 aliphatic heterocycles. The highest BCUT2D eigenvalue weighted by molar-refractivity contribution is 5.86. The molecule has 0 aliphatic rings. The molecule has 1 heterocycles. The van der Waals surface area contributed by atoms with Crippen molar-refractivity contribution in [1.29, 1.82) is 0 Å². The van der Waals surface area contributed by atoms with Crippen molar-refractivity contribution in [3.63, 3.8) is 0 Å². The SMILES string of the molecule is COc1ccccc1Cc1nc(NC(C)C)cc(C(=O)O)n1. The molecule has 22 heavy (non-hydrogen) atoms. The maximum absolute atomic E-state index is 11.2. The van der Waals surface area contributed by atoms with E-state index in [1.54, 1.807) is 7.11 Å². The number of carbonyl (C=O) groups is 1. The minimum atomic E-state index is -1.07. The quantitative estimate of drug-likeness (QED) is 0.853. The molecule has 6 heteroatoms. The Labute approximate surface area is 129 Å². The summed E-state index contributed by atoms with van der Waals surface area (Å²) in [6.45, 7) is 3.92. The zero-order valence-electron chi connectivity index (χ0n) is 12.8. The van der Waals surface area contributed by atoms with Gasteiger partial charge in [0.25, 0.3) is 0 Å². The molecule has 0 bridgehead atoms. The summed E-state index contributed by atoms with van der Waals surface area (Å²) in [6.07, 6.45) is 0.401. The summed E-state index contributed by atoms with van der Waals surface area (Å²) >= 11 is 0. The molecule has 1 aromatic heterocycles. The molecule has 0 radical (unpaired) electrons. The molecule has 0 saturated heterocycles. The second kappa shape index (κ2) is 6.89. The number of aromatic nitrogens is 2. The molecule has 6 nitrogen and oxygen atoms in total. The summed E-state index contributed by atoms with van der Waals surface area (Å²) in [6, 6.07) is 9.12. The number of nitrogens with one attached hydrogen (secondary N) is 1. The molecular formula is C16H19N3O3. The van der Waals surface area contributed by atoms with Crippen LogP contribution in [0.3, 0.4) is 0 Å². The third kappa shape index (κ3) is 3.94. The number of hydrogen-bond acceptors (Lipinski definition) is 5. The molecular weight excluding hydrogens is 282 g/mol. The Morgan fingerprint density at radius 3 is 2.68 bits per heavy atom. The highest BCUT2D eigenvalue weighted by Gasteiger charge is 2.13. The molecule has 2 N–H and O–H groups in total. The molecule has 2 aromatic rings. The van der Waals surface area contributed by atoms with Gasteiger partial charge in [0.15, 0.2) is 5.69 Å². The zero-order chi connectivity index (χ0) is 16.1. The van der Waals surface area contributed by atoms with Crippen molar-refractivity contribution >= 4 is 11.8 Å². The third-order valence-corrected chi connectivity index (χ3v) is 2.97. The topological polar surface area (TPSA) is 84.3 Å². The first-order chi connectivity index (χ1) is 10.5. The molecule has 1 aromatic carbocycles. The van der Waals surface area contributed by atoms with Gasteiger partial charge in [-0.05, 0) is 19.9 Å². The third-order valence-electron chi connectivity index (χ3n) is 2.97. The van der Waals surface area contributed by atoms with Crippen LogP contribution >= 0.6 is 0 Å². The minimum absolute atomic E-state index is 0.0250. The largest absolute Gasteiger partial charge is 0.496 e. The maximum atomic E-state index is 11.2. The van der Waals surface area contributed by atoms with Crippen molar-refractivity contribution in [2.75, 3.05) is 12.4 Å². The van der Waals surface area contributed by atoms with Crippen LogP contribution in [0.15, 0.2) is 30.3 Å². The van der Waals surface area contributed by atoms with Gasteiger partial charge >= 0.3 is 5.97 Å². The fourth-order valence-corrected chi connectivity index (χ4v) is 2.07. The molecule has 0 amide bonds. The van der Waals surface area contributed by atoms with E-state index in [0.29, 0.717) is 18.1 Å². The van der Waals surface area contributed by atoms with Gasteiger partial charge in [0.2, 0.25) is 0 Å². The zero-order valence-corrected chi connectivity index (χ0v) is 12.8. The van der Waals surface area contributed by atoms with Gasteiger partial charge in [-0.25, -0.2) is 14.8 Å². The van der Waals surface area contributed by atoms with E-state index in [1.165, 1.54) is 6.07 Å². The average molecular weight is 301 g/mol. The van der Waals surface area contributed by atoms with Gasteiger partial charge < -0.3 is 15.2 Å². The Bertz CT molecular complexity index is 671. The van der Waals surface area contributed by atoms with Crippen LogP contribution in [0.4, 0.5) is 5.82 Å². The van der Waals surface area contributed by atoms with Crippen molar-refractivity contribution < 1.29 is 14.6 Å². The van der Waals surface area contributed by atoms with E-state index in [0.717, 1.165) is 11.3 Å². The fourth-order valence-electron chi connectivity index (χ4n) is 2.07. The number of carboxylic acids is 1. The predicted octanol–water partition coefficient (Wildman–Crippen LogP) is 2.59. The highest BCUT2D eigenvalue weighted by atomic mass is 16.5. The van der Waals surface area contributed by atoms with Gasteiger partial charge in [0, 0.05) is 24.1 Å². The van der Waals surface area contributed by atoms with E-state index in [2.05, 4.69) is 15.3 Å². The summed E-state index contributed by atoms with van der Waals surface area (Å²) in [5, 5.41) is 12.3. The van der Waals surface area contributed by atoms with Crippen LogP contribution in [0.5, 0.6) is 5.75 Å². The number of para-hydroxylation sites is 1. The van der Waals surface area contributed by atoms with Gasteiger partial charge in [0.1, 0.15) is 17.4 Å². The van der Waals surface area contributed by atoms with E-state index in [9.17, 15) is 9.90 Å². The lowest BCUT2D eigenvalue weighted by Gasteiger charge is -2.12. The molecule has 0 atom stereocenters. The monoisotopic (exact) mass is 301 g/mol. The Kier molecular flexibility index (Phi) is 4.93. The first-order valence-electron chi connectivity index (χ1n) is 6.99. The number of methoxy groups -OCH3 is 1. The number of nitrogens with zero attached hydrogens (tertiary/aromatic N) is 2. The lowest BCUT2D eigenvalue weighted by molar-refractivity contribution is 0.0690. The first kappa shape index (κ1) is 15.8. The number of ether oxygens (including phenoxy) is 1. The van der Waals surface area contributed by atoms with Crippen molar-refractivity contribution in [3.05, 3.63) is 47.4 Å². The van der Waals surface area contributed by atoms with Crippen LogP contribution < -0.4 is 10.1 Å². The molecule has 2 rings (SSSR count). The van der Waals surface area contributed by atoms with Crippen LogP contribution in [-0.4, -0.2) is 34.2 Å². The molecule has 0 unspecified atom stereocenters. The smallest absolute Gasteiger partial charge is 0.354 e. The lowest BCUT2D eigenvalue weighted by atomic mass is 10.1. The van der Waals surface area contributed by atoms with Crippen molar-refractivity contribution in [1.82, 2.24) is 9.97 Å². The van der Waals surface area contributed by atoms with E-state index >= 15 is 0 Å². The summed E-state index contributed by atoms with van der Waals surface area (Å²) in [5.41, 5.74) is 0.881. The Hall–Kier alpha value is -2.63. The number of carboxylic acid groups (broad SMARTS) is 1. The van der Waals surface area contributed by atoms with Crippen LogP contribution in [0.2, 0.25) is 0 Å². The Morgan fingerprint density at radius 1 is 1.32 bits per heavy atom. The van der Waals surface area contributed by atoms with E-state index in [4.69, 9.17) is 4.74 Å². The van der Waals surface area contributed by atoms with E-state index < -0.39 is 5.97 Å². The maximum Gasteiger partial charge on any atom is 0.354 e. The molecule has 0 spiro atoms. The van der Waals surface area contributed by atoms with Gasteiger partial charge in [0.05, 0.1) is 7.11 Å². The van der Waals surface area contributed by atoms with Crippen molar-refractivity contribution in [2.24, 2.45) is 0 Å².